The second kappa shape index (κ2) is 6.02. The monoisotopic (exact) mass is 347 g/mol. The second-order valence-electron chi connectivity index (χ2n) is 7.61. The molecule has 0 aliphatic heterocycles. The van der Waals surface area contributed by atoms with Gasteiger partial charge in [-0.1, -0.05) is 32.0 Å². The van der Waals surface area contributed by atoms with Crippen molar-refractivity contribution in [3.8, 4) is 11.3 Å². The van der Waals surface area contributed by atoms with Crippen molar-refractivity contribution in [2.45, 2.75) is 26.7 Å². The maximum Gasteiger partial charge on any atom is 0.181 e. The van der Waals surface area contributed by atoms with E-state index < -0.39 is 0 Å². The zero-order chi connectivity index (χ0) is 18.3. The Kier molecular flexibility index (Phi) is 3.80. The molecule has 5 heteroatoms. The van der Waals surface area contributed by atoms with Crippen molar-refractivity contribution in [2.24, 2.45) is 5.41 Å². The van der Waals surface area contributed by atoms with Crippen LogP contribution in [-0.2, 0) is 6.42 Å². The Hall–Kier alpha value is -3.08. The van der Waals surface area contributed by atoms with Gasteiger partial charge in [0, 0.05) is 35.5 Å². The number of Topliss-reactive ketones (excluding diaryl/α,β-unsaturated/α-hetero) is 1. The Morgan fingerprint density at radius 3 is 2.46 bits per heavy atom. The third-order valence-electron chi connectivity index (χ3n) is 4.78. The molecule has 0 atom stereocenters. The normalized spacial score (nSPS) is 15.5. The van der Waals surface area contributed by atoms with E-state index in [9.17, 15) is 10.0 Å². The number of pyridine rings is 1. The van der Waals surface area contributed by atoms with Crippen LogP contribution in [0.2, 0.25) is 0 Å². The molecule has 0 amide bonds. The number of nitrogens with one attached hydrogen (secondary N) is 2. The third kappa shape index (κ3) is 2.96. The SMILES string of the molecule is CC1(C)CC(=O)c2c([nH]c(-c3cc[n+]([O-])cc3)c2Nc2ccccc2)C1. The lowest BCUT2D eigenvalue weighted by molar-refractivity contribution is -0.605. The molecule has 1 aliphatic carbocycles. The van der Waals surface area contributed by atoms with Crippen LogP contribution in [0.5, 0.6) is 0 Å². The first kappa shape index (κ1) is 16.4. The molecular weight excluding hydrogens is 326 g/mol. The maximum atomic E-state index is 12.9. The van der Waals surface area contributed by atoms with Gasteiger partial charge in [0.2, 0.25) is 0 Å². The Morgan fingerprint density at radius 2 is 1.77 bits per heavy atom. The number of para-hydroxylation sites is 1. The molecule has 4 rings (SSSR count). The van der Waals surface area contributed by atoms with Crippen LogP contribution in [0.3, 0.4) is 0 Å². The molecule has 132 valence electrons. The van der Waals surface area contributed by atoms with E-state index in [1.54, 1.807) is 12.1 Å². The fourth-order valence-electron chi connectivity index (χ4n) is 3.64. The number of H-pyrrole nitrogens is 1. The van der Waals surface area contributed by atoms with Crippen LogP contribution in [0.25, 0.3) is 11.3 Å². The number of rotatable bonds is 3. The van der Waals surface area contributed by atoms with Crippen molar-refractivity contribution in [1.29, 1.82) is 0 Å². The van der Waals surface area contributed by atoms with E-state index in [0.717, 1.165) is 45.0 Å². The maximum absolute atomic E-state index is 12.9. The molecule has 26 heavy (non-hydrogen) atoms. The number of ketones is 1. The van der Waals surface area contributed by atoms with E-state index >= 15 is 0 Å². The van der Waals surface area contributed by atoms with Gasteiger partial charge in [0.25, 0.3) is 0 Å². The van der Waals surface area contributed by atoms with E-state index in [0.29, 0.717) is 6.42 Å². The molecule has 0 bridgehead atoms. The minimum Gasteiger partial charge on any atom is -0.619 e. The number of aromatic nitrogens is 2. The van der Waals surface area contributed by atoms with Crippen molar-refractivity contribution >= 4 is 17.2 Å². The first-order valence-corrected chi connectivity index (χ1v) is 8.72. The number of nitrogens with zero attached hydrogens (tertiary/aromatic N) is 1. The molecule has 2 heterocycles. The Bertz CT molecular complexity index is 957. The van der Waals surface area contributed by atoms with E-state index in [1.165, 1.54) is 12.4 Å². The first-order chi connectivity index (χ1) is 12.4. The van der Waals surface area contributed by atoms with Crippen LogP contribution in [0.1, 0.15) is 36.3 Å². The van der Waals surface area contributed by atoms with Gasteiger partial charge < -0.3 is 15.5 Å². The van der Waals surface area contributed by atoms with Gasteiger partial charge >= 0.3 is 0 Å². The summed E-state index contributed by atoms with van der Waals surface area (Å²) in [5.74, 6) is 0.145. The fraction of sp³-hybridized carbons (Fsp3) is 0.238. The van der Waals surface area contributed by atoms with Crippen LogP contribution in [-0.4, -0.2) is 10.8 Å². The van der Waals surface area contributed by atoms with E-state index in [-0.39, 0.29) is 11.2 Å². The zero-order valence-corrected chi connectivity index (χ0v) is 14.9. The molecule has 1 aliphatic rings. The highest BCUT2D eigenvalue weighted by Gasteiger charge is 2.35. The summed E-state index contributed by atoms with van der Waals surface area (Å²) in [4.78, 5) is 16.3. The Balaban J connectivity index is 1.87. The van der Waals surface area contributed by atoms with Gasteiger partial charge in [-0.15, -0.1) is 0 Å². The van der Waals surface area contributed by atoms with E-state index in [4.69, 9.17) is 0 Å². The molecule has 2 aromatic heterocycles. The number of anilines is 2. The summed E-state index contributed by atoms with van der Waals surface area (Å²) >= 11 is 0. The molecule has 3 aromatic rings. The summed E-state index contributed by atoms with van der Waals surface area (Å²) in [5, 5.41) is 14.8. The highest BCUT2D eigenvalue weighted by Crippen LogP contribution is 2.43. The second-order valence-corrected chi connectivity index (χ2v) is 7.61. The molecule has 0 fully saturated rings. The molecule has 2 N–H and O–H groups in total. The van der Waals surface area contributed by atoms with Crippen LogP contribution in [0.15, 0.2) is 54.9 Å². The lowest BCUT2D eigenvalue weighted by Gasteiger charge is -2.28. The summed E-state index contributed by atoms with van der Waals surface area (Å²) in [6, 6.07) is 13.3. The number of benzene rings is 1. The van der Waals surface area contributed by atoms with Gasteiger partial charge in [0.15, 0.2) is 18.2 Å². The predicted molar refractivity (Wildman–Crippen MR) is 101 cm³/mol. The third-order valence-corrected chi connectivity index (χ3v) is 4.78. The summed E-state index contributed by atoms with van der Waals surface area (Å²) in [5.41, 5.74) is 5.05. The standard InChI is InChI=1S/C21H21N3O2/c1-21(2)12-16-18(17(25)13-21)20(22-15-6-4-3-5-7-15)19(23-16)14-8-10-24(26)11-9-14/h3-11,22-23H,12-13H2,1-2H3. The molecule has 0 spiro atoms. The number of fused-ring (bicyclic) bond motifs is 1. The van der Waals surface area contributed by atoms with Crippen molar-refractivity contribution in [3.63, 3.8) is 0 Å². The Morgan fingerprint density at radius 1 is 1.08 bits per heavy atom. The summed E-state index contributed by atoms with van der Waals surface area (Å²) in [6.07, 6.45) is 4.27. The van der Waals surface area contributed by atoms with Gasteiger partial charge in [-0.25, -0.2) is 0 Å². The number of carbonyl (C=O) groups excluding carboxylic acids is 1. The van der Waals surface area contributed by atoms with E-state index in [2.05, 4.69) is 24.1 Å². The zero-order valence-electron chi connectivity index (χ0n) is 14.9. The van der Waals surface area contributed by atoms with Crippen molar-refractivity contribution in [3.05, 3.63) is 71.3 Å². The molecule has 1 aromatic carbocycles. The molecule has 0 unspecified atom stereocenters. The van der Waals surface area contributed by atoms with Gasteiger partial charge in [-0.05, 0) is 24.0 Å². The number of hydrogen-bond donors (Lipinski definition) is 2. The highest BCUT2D eigenvalue weighted by atomic mass is 16.5. The largest absolute Gasteiger partial charge is 0.619 e. The number of hydrogen-bond acceptors (Lipinski definition) is 3. The molecule has 0 radical (unpaired) electrons. The average molecular weight is 347 g/mol. The lowest BCUT2D eigenvalue weighted by atomic mass is 9.76. The van der Waals surface area contributed by atoms with Gasteiger partial charge in [-0.2, -0.15) is 4.73 Å². The summed E-state index contributed by atoms with van der Waals surface area (Å²) < 4.78 is 0.755. The van der Waals surface area contributed by atoms with Crippen LogP contribution >= 0.6 is 0 Å². The van der Waals surface area contributed by atoms with E-state index in [1.807, 2.05) is 30.3 Å². The molecule has 0 saturated carbocycles. The van der Waals surface area contributed by atoms with Crippen LogP contribution < -0.4 is 10.0 Å². The topological polar surface area (TPSA) is 71.8 Å². The minimum atomic E-state index is -0.0645. The molecule has 5 nitrogen and oxygen atoms in total. The lowest BCUT2D eigenvalue weighted by Crippen LogP contribution is -2.26. The quantitative estimate of drug-likeness (QED) is 0.550. The fourth-order valence-corrected chi connectivity index (χ4v) is 3.64. The number of carbonyl (C=O) groups is 1. The van der Waals surface area contributed by atoms with Gasteiger partial charge in [-0.3, -0.25) is 4.79 Å². The van der Waals surface area contributed by atoms with Gasteiger partial charge in [0.1, 0.15) is 0 Å². The smallest absolute Gasteiger partial charge is 0.181 e. The van der Waals surface area contributed by atoms with Crippen molar-refractivity contribution < 1.29 is 9.52 Å². The van der Waals surface area contributed by atoms with Crippen molar-refractivity contribution in [1.82, 2.24) is 4.98 Å². The van der Waals surface area contributed by atoms with Crippen LogP contribution in [0, 0.1) is 10.6 Å². The molecular formula is C21H21N3O2. The first-order valence-electron chi connectivity index (χ1n) is 8.72. The summed E-state index contributed by atoms with van der Waals surface area (Å²) in [7, 11) is 0. The minimum absolute atomic E-state index is 0.0645. The number of aromatic amines is 1. The highest BCUT2D eigenvalue weighted by molar-refractivity contribution is 6.07. The molecule has 0 saturated heterocycles. The van der Waals surface area contributed by atoms with Crippen molar-refractivity contribution in [2.75, 3.05) is 5.32 Å². The predicted octanol–water partition coefficient (Wildman–Crippen LogP) is 4.21. The van der Waals surface area contributed by atoms with Gasteiger partial charge in [0.05, 0.1) is 16.9 Å². The van der Waals surface area contributed by atoms with Crippen LogP contribution in [0.4, 0.5) is 11.4 Å². The summed E-state index contributed by atoms with van der Waals surface area (Å²) in [6.45, 7) is 4.23. The Labute approximate surface area is 152 Å². The average Bonchev–Trinajstić information content (AvgIpc) is 2.93.